The Kier molecular flexibility index (Phi) is 52.5. The third kappa shape index (κ3) is 53.6. The number of unbranched alkanes of at least 4 members (excludes halogenated alkanes) is 39. The molecule has 0 aliphatic heterocycles. The van der Waals surface area contributed by atoms with Crippen molar-refractivity contribution in [2.45, 2.75) is 349 Å². The molecule has 0 amide bonds. The maximum absolute atomic E-state index is 12.9. The molecule has 0 aromatic carbocycles. The second-order valence-electron chi connectivity index (χ2n) is 21.7. The molecule has 0 spiro atoms. The highest BCUT2D eigenvalue weighted by Crippen LogP contribution is 2.19. The minimum absolute atomic E-state index is 0.0628. The zero-order chi connectivity index (χ0) is 48.9. The van der Waals surface area contributed by atoms with Crippen LogP contribution in [0.15, 0.2) is 0 Å². The fourth-order valence-corrected chi connectivity index (χ4v) is 9.37. The first kappa shape index (κ1) is 65.4. The van der Waals surface area contributed by atoms with Crippen molar-refractivity contribution in [3.63, 3.8) is 0 Å². The standard InChI is InChI=1S/C61H118O6/c1-6-8-9-10-11-12-13-14-15-16-17-18-21-25-28-31-38-43-48-53-61(64)67-58(55-66-60(63)52-47-42-37-33-32-35-40-45-50-57(5)7-2)54-65-59(62)51-46-41-36-30-27-24-22-19-20-23-26-29-34-39-44-49-56(3)4/h56-58H,6-55H2,1-5H3/t57?,58-/m0/s1. The van der Waals surface area contributed by atoms with E-state index < -0.39 is 6.10 Å². The second-order valence-corrected chi connectivity index (χ2v) is 21.7. The Morgan fingerprint density at radius 2 is 0.567 bits per heavy atom. The Labute approximate surface area is 418 Å². The molecule has 0 rings (SSSR count). The van der Waals surface area contributed by atoms with Crippen LogP contribution in [0.25, 0.3) is 0 Å². The van der Waals surface area contributed by atoms with Crippen LogP contribution in [-0.2, 0) is 28.6 Å². The number of hydrogen-bond acceptors (Lipinski definition) is 6. The van der Waals surface area contributed by atoms with Gasteiger partial charge < -0.3 is 14.2 Å². The molecule has 2 atom stereocenters. The molecule has 0 N–H and O–H groups in total. The smallest absolute Gasteiger partial charge is 0.306 e. The summed E-state index contributed by atoms with van der Waals surface area (Å²) in [5, 5.41) is 0. The van der Waals surface area contributed by atoms with Crippen LogP contribution < -0.4 is 0 Å². The molecule has 0 aromatic heterocycles. The van der Waals surface area contributed by atoms with Crippen LogP contribution >= 0.6 is 0 Å². The number of carbonyl (C=O) groups is 3. The van der Waals surface area contributed by atoms with E-state index in [1.807, 2.05) is 0 Å². The lowest BCUT2D eigenvalue weighted by molar-refractivity contribution is -0.167. The van der Waals surface area contributed by atoms with Crippen molar-refractivity contribution in [3.05, 3.63) is 0 Å². The number of hydrogen-bond donors (Lipinski definition) is 0. The van der Waals surface area contributed by atoms with Gasteiger partial charge in [-0.3, -0.25) is 14.4 Å². The molecule has 0 radical (unpaired) electrons. The van der Waals surface area contributed by atoms with Gasteiger partial charge in [0.1, 0.15) is 13.2 Å². The molecule has 0 aliphatic carbocycles. The molecule has 0 aromatic rings. The van der Waals surface area contributed by atoms with E-state index in [2.05, 4.69) is 34.6 Å². The zero-order valence-electron chi connectivity index (χ0n) is 46.0. The van der Waals surface area contributed by atoms with Crippen LogP contribution in [0.5, 0.6) is 0 Å². The van der Waals surface area contributed by atoms with Gasteiger partial charge in [-0.25, -0.2) is 0 Å². The lowest BCUT2D eigenvalue weighted by Crippen LogP contribution is -2.30. The van der Waals surface area contributed by atoms with E-state index in [9.17, 15) is 14.4 Å². The van der Waals surface area contributed by atoms with Crippen LogP contribution in [0.3, 0.4) is 0 Å². The Hall–Kier alpha value is -1.59. The van der Waals surface area contributed by atoms with E-state index in [-0.39, 0.29) is 31.1 Å². The summed E-state index contributed by atoms with van der Waals surface area (Å²) in [7, 11) is 0. The van der Waals surface area contributed by atoms with Crippen LogP contribution in [0, 0.1) is 11.8 Å². The van der Waals surface area contributed by atoms with E-state index in [1.165, 1.54) is 231 Å². The molecule has 67 heavy (non-hydrogen) atoms. The van der Waals surface area contributed by atoms with Gasteiger partial charge in [0.15, 0.2) is 6.10 Å². The summed E-state index contributed by atoms with van der Waals surface area (Å²) in [6.45, 7) is 11.4. The van der Waals surface area contributed by atoms with Gasteiger partial charge in [0, 0.05) is 19.3 Å². The summed E-state index contributed by atoms with van der Waals surface area (Å²) in [5.41, 5.74) is 0. The summed E-state index contributed by atoms with van der Waals surface area (Å²) in [4.78, 5) is 38.2. The summed E-state index contributed by atoms with van der Waals surface area (Å²) >= 11 is 0. The first-order valence-electron chi connectivity index (χ1n) is 30.3. The highest BCUT2D eigenvalue weighted by Gasteiger charge is 2.19. The molecule has 0 bridgehead atoms. The molecular formula is C61H118O6. The number of carbonyl (C=O) groups excluding carboxylic acids is 3. The van der Waals surface area contributed by atoms with Crippen molar-refractivity contribution in [1.29, 1.82) is 0 Å². The number of esters is 3. The molecule has 1 unspecified atom stereocenters. The highest BCUT2D eigenvalue weighted by molar-refractivity contribution is 5.71. The molecular weight excluding hydrogens is 829 g/mol. The Morgan fingerprint density at radius 1 is 0.313 bits per heavy atom. The van der Waals surface area contributed by atoms with Crippen molar-refractivity contribution < 1.29 is 28.6 Å². The molecule has 0 saturated heterocycles. The van der Waals surface area contributed by atoms with Crippen molar-refractivity contribution in [3.8, 4) is 0 Å². The predicted octanol–water partition coefficient (Wildman–Crippen LogP) is 20.0. The molecule has 6 nitrogen and oxygen atoms in total. The summed E-state index contributed by atoms with van der Waals surface area (Å²) in [6.07, 6.45) is 58.1. The lowest BCUT2D eigenvalue weighted by atomic mass is 9.99. The van der Waals surface area contributed by atoms with Crippen LogP contribution in [0.4, 0.5) is 0 Å². The summed E-state index contributed by atoms with van der Waals surface area (Å²) in [5.74, 6) is 0.859. The third-order valence-electron chi connectivity index (χ3n) is 14.3. The van der Waals surface area contributed by atoms with Crippen molar-refractivity contribution >= 4 is 17.9 Å². The van der Waals surface area contributed by atoms with Crippen LogP contribution in [0.1, 0.15) is 343 Å². The zero-order valence-corrected chi connectivity index (χ0v) is 46.0. The first-order chi connectivity index (χ1) is 32.8. The SMILES string of the molecule is CCCCCCCCCCCCCCCCCCCCCC(=O)O[C@@H](COC(=O)CCCCCCCCCCCCCCCCCC(C)C)COC(=O)CCCCCCCCCCC(C)CC. The highest BCUT2D eigenvalue weighted by atomic mass is 16.6. The minimum Gasteiger partial charge on any atom is -0.462 e. The molecule has 6 heteroatoms. The Balaban J connectivity index is 4.27. The van der Waals surface area contributed by atoms with Gasteiger partial charge in [-0.1, -0.05) is 304 Å². The van der Waals surface area contributed by atoms with Gasteiger partial charge in [0.05, 0.1) is 0 Å². The van der Waals surface area contributed by atoms with Gasteiger partial charge in [0.2, 0.25) is 0 Å². The number of rotatable bonds is 55. The fraction of sp³-hybridized carbons (Fsp3) is 0.951. The van der Waals surface area contributed by atoms with Gasteiger partial charge in [-0.05, 0) is 31.1 Å². The second kappa shape index (κ2) is 53.8. The topological polar surface area (TPSA) is 78.9 Å². The van der Waals surface area contributed by atoms with E-state index in [0.29, 0.717) is 19.3 Å². The lowest BCUT2D eigenvalue weighted by Gasteiger charge is -2.18. The first-order valence-corrected chi connectivity index (χ1v) is 30.3. The van der Waals surface area contributed by atoms with Gasteiger partial charge in [-0.2, -0.15) is 0 Å². The van der Waals surface area contributed by atoms with Gasteiger partial charge >= 0.3 is 17.9 Å². The molecule has 0 aliphatic rings. The third-order valence-corrected chi connectivity index (χ3v) is 14.3. The van der Waals surface area contributed by atoms with Crippen molar-refractivity contribution in [1.82, 2.24) is 0 Å². The van der Waals surface area contributed by atoms with E-state index in [0.717, 1.165) is 69.6 Å². The maximum Gasteiger partial charge on any atom is 0.306 e. The predicted molar refractivity (Wildman–Crippen MR) is 289 cm³/mol. The van der Waals surface area contributed by atoms with Crippen molar-refractivity contribution in [2.24, 2.45) is 11.8 Å². The van der Waals surface area contributed by atoms with E-state index >= 15 is 0 Å². The normalized spacial score (nSPS) is 12.4. The monoisotopic (exact) mass is 947 g/mol. The molecule has 0 saturated carbocycles. The van der Waals surface area contributed by atoms with E-state index in [1.54, 1.807) is 0 Å². The average Bonchev–Trinajstić information content (AvgIpc) is 3.31. The van der Waals surface area contributed by atoms with Gasteiger partial charge in [0.25, 0.3) is 0 Å². The molecule has 398 valence electrons. The largest absolute Gasteiger partial charge is 0.462 e. The number of ether oxygens (including phenoxy) is 3. The maximum atomic E-state index is 12.9. The molecule has 0 heterocycles. The average molecular weight is 948 g/mol. The van der Waals surface area contributed by atoms with E-state index in [4.69, 9.17) is 14.2 Å². The Bertz CT molecular complexity index is 1030. The quantitative estimate of drug-likeness (QED) is 0.0343. The Morgan fingerprint density at radius 3 is 0.851 bits per heavy atom. The minimum atomic E-state index is -0.763. The van der Waals surface area contributed by atoms with Crippen molar-refractivity contribution in [2.75, 3.05) is 13.2 Å². The van der Waals surface area contributed by atoms with Gasteiger partial charge in [-0.15, -0.1) is 0 Å². The summed E-state index contributed by atoms with van der Waals surface area (Å²) < 4.78 is 16.9. The van der Waals surface area contributed by atoms with Crippen LogP contribution in [0.2, 0.25) is 0 Å². The molecule has 0 fully saturated rings. The summed E-state index contributed by atoms with van der Waals surface area (Å²) in [6, 6.07) is 0. The van der Waals surface area contributed by atoms with Crippen LogP contribution in [-0.4, -0.2) is 37.2 Å². The fourth-order valence-electron chi connectivity index (χ4n) is 9.37.